The second kappa shape index (κ2) is 6.71. The number of carbonyl (C=O) groups excluding carboxylic acids is 1. The highest BCUT2D eigenvalue weighted by atomic mass is 16.6. The monoisotopic (exact) mass is 295 g/mol. The topological polar surface area (TPSA) is 97.4 Å². The summed E-state index contributed by atoms with van der Waals surface area (Å²) < 4.78 is 1.58. The van der Waals surface area contributed by atoms with Gasteiger partial charge in [-0.1, -0.05) is 6.42 Å². The number of aryl methyl sites for hydroxylation is 1. The lowest BCUT2D eigenvalue weighted by Crippen LogP contribution is -2.32. The molecular weight excluding hydrogens is 274 g/mol. The number of nitrogens with one attached hydrogen (secondary N) is 1. The first kappa shape index (κ1) is 15.5. The number of hydrogen-bond donors (Lipinski definition) is 2. The van der Waals surface area contributed by atoms with Gasteiger partial charge in [0.15, 0.2) is 0 Å². The molecule has 1 aliphatic rings. The number of nitrogens with zero attached hydrogens (tertiary/aromatic N) is 2. The van der Waals surface area contributed by atoms with Gasteiger partial charge in [0.25, 0.3) is 11.6 Å². The lowest BCUT2D eigenvalue weighted by Gasteiger charge is -2.17. The van der Waals surface area contributed by atoms with Gasteiger partial charge >= 0.3 is 0 Å². The molecule has 0 aromatic carbocycles. The van der Waals surface area contributed by atoms with Crippen LogP contribution in [0, 0.1) is 22.0 Å². The van der Waals surface area contributed by atoms with E-state index in [1.54, 1.807) is 4.57 Å². The molecule has 0 radical (unpaired) electrons. The zero-order valence-corrected chi connectivity index (χ0v) is 12.1. The van der Waals surface area contributed by atoms with Crippen LogP contribution in [0.2, 0.25) is 0 Å². The van der Waals surface area contributed by atoms with Crippen LogP contribution in [0.3, 0.4) is 0 Å². The van der Waals surface area contributed by atoms with Crippen molar-refractivity contribution in [2.24, 2.45) is 11.8 Å². The summed E-state index contributed by atoms with van der Waals surface area (Å²) in [5, 5.41) is 22.9. The van der Waals surface area contributed by atoms with E-state index >= 15 is 0 Å². The van der Waals surface area contributed by atoms with Gasteiger partial charge in [-0.25, -0.2) is 0 Å². The van der Waals surface area contributed by atoms with Gasteiger partial charge in [0.05, 0.1) is 11.1 Å². The predicted octanol–water partition coefficient (Wildman–Crippen LogP) is 1.55. The van der Waals surface area contributed by atoms with Crippen LogP contribution >= 0.6 is 0 Å². The normalized spacial score (nSPS) is 21.4. The molecule has 1 fully saturated rings. The first-order chi connectivity index (χ1) is 10.1. The zero-order valence-electron chi connectivity index (χ0n) is 12.1. The molecule has 0 spiro atoms. The third-order valence-corrected chi connectivity index (χ3v) is 4.24. The summed E-state index contributed by atoms with van der Waals surface area (Å²) in [4.78, 5) is 22.5. The van der Waals surface area contributed by atoms with Gasteiger partial charge in [0.1, 0.15) is 5.69 Å². The van der Waals surface area contributed by atoms with Crippen LogP contribution in [-0.2, 0) is 6.54 Å². The summed E-state index contributed by atoms with van der Waals surface area (Å²) in [6, 6.07) is 1.30. The van der Waals surface area contributed by atoms with Crippen molar-refractivity contribution in [3.63, 3.8) is 0 Å². The minimum absolute atomic E-state index is 0.0731. The fourth-order valence-electron chi connectivity index (χ4n) is 2.98. The van der Waals surface area contributed by atoms with Crippen LogP contribution in [0.15, 0.2) is 12.3 Å². The van der Waals surface area contributed by atoms with E-state index in [0.29, 0.717) is 24.7 Å². The molecule has 21 heavy (non-hydrogen) atoms. The molecule has 2 rings (SSSR count). The lowest BCUT2D eigenvalue weighted by atomic mass is 9.97. The van der Waals surface area contributed by atoms with E-state index < -0.39 is 4.92 Å². The molecule has 1 aliphatic carbocycles. The summed E-state index contributed by atoms with van der Waals surface area (Å²) >= 11 is 0. The third-order valence-electron chi connectivity index (χ3n) is 4.24. The van der Waals surface area contributed by atoms with Gasteiger partial charge in [-0.3, -0.25) is 14.9 Å². The van der Waals surface area contributed by atoms with Crippen LogP contribution in [0.5, 0.6) is 0 Å². The predicted molar refractivity (Wildman–Crippen MR) is 77.0 cm³/mol. The van der Waals surface area contributed by atoms with Gasteiger partial charge in [-0.2, -0.15) is 0 Å². The van der Waals surface area contributed by atoms with Crippen molar-refractivity contribution < 1.29 is 14.8 Å². The second-order valence-electron chi connectivity index (χ2n) is 5.47. The zero-order chi connectivity index (χ0) is 15.4. The maximum atomic E-state index is 12.2. The molecule has 1 amide bonds. The Morgan fingerprint density at radius 2 is 2.24 bits per heavy atom. The highest BCUT2D eigenvalue weighted by Gasteiger charge is 2.27. The van der Waals surface area contributed by atoms with Crippen molar-refractivity contribution in [1.29, 1.82) is 0 Å². The molecule has 0 saturated heterocycles. The average Bonchev–Trinajstić information content (AvgIpc) is 3.10. The summed E-state index contributed by atoms with van der Waals surface area (Å²) in [6.07, 6.45) is 4.44. The molecule has 2 N–H and O–H groups in total. The Bertz CT molecular complexity index is 526. The van der Waals surface area contributed by atoms with Crippen molar-refractivity contribution in [1.82, 2.24) is 9.88 Å². The van der Waals surface area contributed by atoms with Crippen LogP contribution < -0.4 is 5.32 Å². The summed E-state index contributed by atoms with van der Waals surface area (Å²) in [6.45, 7) is 2.99. The molecule has 7 heteroatoms. The molecule has 1 aromatic heterocycles. The Hall–Kier alpha value is -1.89. The number of aromatic nitrogens is 1. The molecule has 2 unspecified atom stereocenters. The quantitative estimate of drug-likeness (QED) is 0.614. The number of aliphatic hydroxyl groups is 1. The van der Waals surface area contributed by atoms with E-state index in [1.165, 1.54) is 12.3 Å². The number of rotatable bonds is 6. The van der Waals surface area contributed by atoms with Crippen molar-refractivity contribution >= 4 is 11.6 Å². The molecular formula is C14H21N3O4. The molecule has 0 bridgehead atoms. The number of nitro groups is 1. The van der Waals surface area contributed by atoms with E-state index in [1.807, 2.05) is 6.92 Å². The Kier molecular flexibility index (Phi) is 4.95. The fourth-order valence-corrected chi connectivity index (χ4v) is 2.98. The maximum absolute atomic E-state index is 12.2. The first-order valence-electron chi connectivity index (χ1n) is 7.30. The van der Waals surface area contributed by atoms with E-state index in [4.69, 9.17) is 0 Å². The van der Waals surface area contributed by atoms with E-state index in [2.05, 4.69) is 5.32 Å². The van der Waals surface area contributed by atoms with E-state index in [0.717, 1.165) is 19.3 Å². The van der Waals surface area contributed by atoms with Crippen molar-refractivity contribution in [3.8, 4) is 0 Å². The number of carbonyl (C=O) groups is 1. The fraction of sp³-hybridized carbons (Fsp3) is 0.643. The second-order valence-corrected chi connectivity index (χ2v) is 5.47. The minimum atomic E-state index is -0.498. The van der Waals surface area contributed by atoms with Gasteiger partial charge in [-0.15, -0.1) is 0 Å². The molecule has 116 valence electrons. The van der Waals surface area contributed by atoms with Crippen LogP contribution in [-0.4, -0.2) is 33.7 Å². The highest BCUT2D eigenvalue weighted by molar-refractivity contribution is 5.93. The largest absolute Gasteiger partial charge is 0.396 e. The number of hydrogen-bond acceptors (Lipinski definition) is 4. The van der Waals surface area contributed by atoms with Gasteiger partial charge < -0.3 is 15.0 Å². The molecule has 1 saturated carbocycles. The number of amides is 1. The molecule has 7 nitrogen and oxygen atoms in total. The van der Waals surface area contributed by atoms with Crippen LogP contribution in [0.1, 0.15) is 36.7 Å². The standard InChI is InChI=1S/C14H21N3O4/c1-2-16-8-12(17(20)21)6-13(16)14(19)15-7-10-4-3-5-11(10)9-18/h6,8,10-11,18H,2-5,7,9H2,1H3,(H,15,19). The van der Waals surface area contributed by atoms with Gasteiger partial charge in [0, 0.05) is 25.8 Å². The number of aliphatic hydroxyl groups excluding tert-OH is 1. The highest BCUT2D eigenvalue weighted by Crippen LogP contribution is 2.30. The Morgan fingerprint density at radius 3 is 2.86 bits per heavy atom. The first-order valence-corrected chi connectivity index (χ1v) is 7.30. The lowest BCUT2D eigenvalue weighted by molar-refractivity contribution is -0.384. The summed E-state index contributed by atoms with van der Waals surface area (Å²) in [7, 11) is 0. The molecule has 2 atom stereocenters. The summed E-state index contributed by atoms with van der Waals surface area (Å²) in [5.41, 5.74) is 0.235. The van der Waals surface area contributed by atoms with Gasteiger partial charge in [-0.05, 0) is 31.6 Å². The third kappa shape index (κ3) is 3.41. The minimum Gasteiger partial charge on any atom is -0.396 e. The van der Waals surface area contributed by atoms with Crippen molar-refractivity contribution in [2.45, 2.75) is 32.7 Å². The van der Waals surface area contributed by atoms with Crippen molar-refractivity contribution in [3.05, 3.63) is 28.1 Å². The van der Waals surface area contributed by atoms with E-state index in [9.17, 15) is 20.0 Å². The molecule has 1 heterocycles. The maximum Gasteiger partial charge on any atom is 0.287 e. The average molecular weight is 295 g/mol. The van der Waals surface area contributed by atoms with Crippen LogP contribution in [0.25, 0.3) is 0 Å². The SMILES string of the molecule is CCn1cc([N+](=O)[O-])cc1C(=O)NCC1CCCC1CO. The van der Waals surface area contributed by atoms with Crippen molar-refractivity contribution in [2.75, 3.05) is 13.2 Å². The van der Waals surface area contributed by atoms with Crippen LogP contribution in [0.4, 0.5) is 5.69 Å². The summed E-state index contributed by atoms with van der Waals surface area (Å²) in [5.74, 6) is 0.241. The smallest absolute Gasteiger partial charge is 0.287 e. The van der Waals surface area contributed by atoms with E-state index in [-0.39, 0.29) is 24.1 Å². The Morgan fingerprint density at radius 1 is 1.52 bits per heavy atom. The molecule has 1 aromatic rings. The molecule has 0 aliphatic heterocycles. The Balaban J connectivity index is 2.01. The Labute approximate surface area is 123 Å². The van der Waals surface area contributed by atoms with Gasteiger partial charge in [0.2, 0.25) is 0 Å².